The molecule has 3 aromatic rings. The fourth-order valence-electron chi connectivity index (χ4n) is 2.52. The van der Waals surface area contributed by atoms with Gasteiger partial charge in [0.2, 0.25) is 0 Å². The van der Waals surface area contributed by atoms with E-state index in [1.807, 2.05) is 43.3 Å². The van der Waals surface area contributed by atoms with Crippen LogP contribution in [-0.2, 0) is 13.2 Å². The van der Waals surface area contributed by atoms with Gasteiger partial charge in [-0.1, -0.05) is 36.4 Å². The van der Waals surface area contributed by atoms with Crippen molar-refractivity contribution < 1.29 is 14.6 Å². The molecule has 0 amide bonds. The Balaban J connectivity index is 2.08. The van der Waals surface area contributed by atoms with Gasteiger partial charge in [0.15, 0.2) is 6.29 Å². The first-order chi connectivity index (χ1) is 11.2. The van der Waals surface area contributed by atoms with Crippen molar-refractivity contribution in [1.82, 2.24) is 4.98 Å². The number of fused-ring (bicyclic) bond motifs is 1. The van der Waals surface area contributed by atoms with E-state index in [1.54, 1.807) is 12.1 Å². The number of hydrogen-bond donors (Lipinski definition) is 1. The van der Waals surface area contributed by atoms with Crippen LogP contribution in [0.3, 0.4) is 0 Å². The highest BCUT2D eigenvalue weighted by Crippen LogP contribution is 2.31. The Morgan fingerprint density at radius 2 is 1.91 bits per heavy atom. The molecule has 0 aliphatic heterocycles. The molecule has 1 aromatic heterocycles. The van der Waals surface area contributed by atoms with Crippen LogP contribution in [0.25, 0.3) is 10.9 Å². The van der Waals surface area contributed by atoms with E-state index in [9.17, 15) is 9.90 Å². The Bertz CT molecular complexity index is 844. The summed E-state index contributed by atoms with van der Waals surface area (Å²) in [5.74, 6) is 0.635. The second-order valence-corrected chi connectivity index (χ2v) is 5.35. The first-order valence-electron chi connectivity index (χ1n) is 7.39. The lowest BCUT2D eigenvalue weighted by Crippen LogP contribution is -2.02. The van der Waals surface area contributed by atoms with Crippen LogP contribution in [0.5, 0.6) is 5.75 Å². The third-order valence-electron chi connectivity index (χ3n) is 3.79. The third kappa shape index (κ3) is 3.07. The van der Waals surface area contributed by atoms with Crippen molar-refractivity contribution in [2.24, 2.45) is 0 Å². The summed E-state index contributed by atoms with van der Waals surface area (Å²) in [6.45, 7) is 2.17. The normalized spacial score (nSPS) is 10.7. The number of aromatic nitrogens is 1. The van der Waals surface area contributed by atoms with Crippen molar-refractivity contribution in [3.05, 3.63) is 70.9 Å². The molecule has 3 rings (SSSR count). The molecule has 23 heavy (non-hydrogen) atoms. The molecule has 0 aliphatic carbocycles. The molecule has 0 fully saturated rings. The number of aliphatic hydroxyl groups excluding tert-OH is 1. The molecule has 0 radical (unpaired) electrons. The number of pyridine rings is 1. The van der Waals surface area contributed by atoms with Crippen molar-refractivity contribution in [3.63, 3.8) is 0 Å². The number of nitrogens with zero attached hydrogens (tertiary/aromatic N) is 1. The Kier molecular flexibility index (Phi) is 4.35. The third-order valence-corrected chi connectivity index (χ3v) is 3.79. The highest BCUT2D eigenvalue weighted by Gasteiger charge is 2.13. The number of benzene rings is 2. The minimum Gasteiger partial charge on any atom is -0.488 e. The van der Waals surface area contributed by atoms with Crippen LogP contribution in [0.4, 0.5) is 0 Å². The Labute approximate surface area is 134 Å². The first kappa shape index (κ1) is 15.2. The average molecular weight is 307 g/mol. The van der Waals surface area contributed by atoms with Gasteiger partial charge in [-0.25, -0.2) is 4.98 Å². The molecule has 0 saturated carbocycles. The van der Waals surface area contributed by atoms with Gasteiger partial charge in [0, 0.05) is 10.9 Å². The minimum absolute atomic E-state index is 0.0530. The zero-order valence-electron chi connectivity index (χ0n) is 12.8. The molecule has 2 aromatic carbocycles. The molecule has 0 bridgehead atoms. The Hall–Kier alpha value is -2.72. The van der Waals surface area contributed by atoms with E-state index in [0.29, 0.717) is 29.1 Å². The molecule has 116 valence electrons. The predicted molar refractivity (Wildman–Crippen MR) is 88.6 cm³/mol. The van der Waals surface area contributed by atoms with Crippen LogP contribution in [0.15, 0.2) is 48.5 Å². The summed E-state index contributed by atoms with van der Waals surface area (Å²) in [4.78, 5) is 15.6. The van der Waals surface area contributed by atoms with E-state index in [1.165, 1.54) is 0 Å². The van der Waals surface area contributed by atoms with Crippen LogP contribution in [0.2, 0.25) is 0 Å². The van der Waals surface area contributed by atoms with Crippen LogP contribution >= 0.6 is 0 Å². The smallest absolute Gasteiger partial charge is 0.168 e. The summed E-state index contributed by atoms with van der Waals surface area (Å²) in [5.41, 5.74) is 3.58. The lowest BCUT2D eigenvalue weighted by Gasteiger charge is -2.14. The topological polar surface area (TPSA) is 59.4 Å². The fourth-order valence-corrected chi connectivity index (χ4v) is 2.52. The molecule has 0 atom stereocenters. The minimum atomic E-state index is -0.0530. The lowest BCUT2D eigenvalue weighted by molar-refractivity contribution is 0.111. The van der Waals surface area contributed by atoms with Crippen LogP contribution < -0.4 is 4.74 Å². The second kappa shape index (κ2) is 6.58. The lowest BCUT2D eigenvalue weighted by atomic mass is 10.1. The number of ether oxygens (including phenoxy) is 1. The van der Waals surface area contributed by atoms with Crippen molar-refractivity contribution >= 4 is 17.2 Å². The van der Waals surface area contributed by atoms with Crippen molar-refractivity contribution in [2.75, 3.05) is 0 Å². The SMILES string of the molecule is Cc1c(C=O)nc2ccc(CO)cc2c1OCc1ccccc1. The largest absolute Gasteiger partial charge is 0.488 e. The van der Waals surface area contributed by atoms with E-state index < -0.39 is 0 Å². The Morgan fingerprint density at radius 3 is 2.61 bits per heavy atom. The van der Waals surface area contributed by atoms with E-state index in [2.05, 4.69) is 4.98 Å². The molecule has 0 aliphatic rings. The monoisotopic (exact) mass is 307 g/mol. The quantitative estimate of drug-likeness (QED) is 0.734. The van der Waals surface area contributed by atoms with E-state index >= 15 is 0 Å². The highest BCUT2D eigenvalue weighted by molar-refractivity contribution is 5.91. The zero-order valence-corrected chi connectivity index (χ0v) is 12.8. The molecule has 4 nitrogen and oxygen atoms in total. The summed E-state index contributed by atoms with van der Waals surface area (Å²) in [5, 5.41) is 10.1. The first-order valence-corrected chi connectivity index (χ1v) is 7.39. The summed E-state index contributed by atoms with van der Waals surface area (Å²) >= 11 is 0. The molecular weight excluding hydrogens is 290 g/mol. The number of carbonyl (C=O) groups is 1. The van der Waals surface area contributed by atoms with Gasteiger partial charge in [0.05, 0.1) is 12.1 Å². The number of aliphatic hydroxyl groups is 1. The van der Waals surface area contributed by atoms with Gasteiger partial charge < -0.3 is 9.84 Å². The van der Waals surface area contributed by atoms with Crippen molar-refractivity contribution in [2.45, 2.75) is 20.1 Å². The van der Waals surface area contributed by atoms with Crippen LogP contribution in [-0.4, -0.2) is 16.4 Å². The molecule has 0 saturated heterocycles. The number of aldehydes is 1. The number of rotatable bonds is 5. The van der Waals surface area contributed by atoms with Crippen LogP contribution in [0.1, 0.15) is 27.2 Å². The predicted octanol–water partition coefficient (Wildman–Crippen LogP) is 3.43. The Morgan fingerprint density at radius 1 is 1.13 bits per heavy atom. The molecule has 0 unspecified atom stereocenters. The maximum Gasteiger partial charge on any atom is 0.168 e. The number of carbonyl (C=O) groups excluding carboxylic acids is 1. The second-order valence-electron chi connectivity index (χ2n) is 5.35. The van der Waals surface area contributed by atoms with E-state index in [0.717, 1.165) is 22.8 Å². The van der Waals surface area contributed by atoms with Gasteiger partial charge in [0.1, 0.15) is 18.1 Å². The maximum atomic E-state index is 11.3. The fraction of sp³-hybridized carbons (Fsp3) is 0.158. The summed E-state index contributed by atoms with van der Waals surface area (Å²) in [7, 11) is 0. The van der Waals surface area contributed by atoms with Gasteiger partial charge in [-0.2, -0.15) is 0 Å². The summed E-state index contributed by atoms with van der Waals surface area (Å²) in [6, 6.07) is 15.3. The van der Waals surface area contributed by atoms with Crippen molar-refractivity contribution in [1.29, 1.82) is 0 Å². The van der Waals surface area contributed by atoms with E-state index in [4.69, 9.17) is 4.74 Å². The average Bonchev–Trinajstić information content (AvgIpc) is 2.61. The molecule has 1 heterocycles. The molecule has 0 spiro atoms. The zero-order chi connectivity index (χ0) is 16.2. The van der Waals surface area contributed by atoms with E-state index in [-0.39, 0.29) is 6.61 Å². The molecule has 4 heteroatoms. The van der Waals surface area contributed by atoms with Crippen LogP contribution in [0, 0.1) is 6.92 Å². The number of hydrogen-bond acceptors (Lipinski definition) is 4. The molecule has 1 N–H and O–H groups in total. The standard InChI is InChI=1S/C19H17NO3/c1-13-18(11-22)20-17-8-7-15(10-21)9-16(17)19(13)23-12-14-5-3-2-4-6-14/h2-9,11,21H,10,12H2,1H3. The van der Waals surface area contributed by atoms with Gasteiger partial charge in [0.25, 0.3) is 0 Å². The maximum absolute atomic E-state index is 11.3. The molecular formula is C19H17NO3. The van der Waals surface area contributed by atoms with Gasteiger partial charge in [-0.15, -0.1) is 0 Å². The highest BCUT2D eigenvalue weighted by atomic mass is 16.5. The van der Waals surface area contributed by atoms with Crippen molar-refractivity contribution in [3.8, 4) is 5.75 Å². The van der Waals surface area contributed by atoms with Gasteiger partial charge >= 0.3 is 0 Å². The summed E-state index contributed by atoms with van der Waals surface area (Å²) < 4.78 is 6.00. The van der Waals surface area contributed by atoms with Gasteiger partial charge in [-0.05, 0) is 30.2 Å². The summed E-state index contributed by atoms with van der Waals surface area (Å²) in [6.07, 6.45) is 0.740. The van der Waals surface area contributed by atoms with Gasteiger partial charge in [-0.3, -0.25) is 4.79 Å².